The van der Waals surface area contributed by atoms with Crippen LogP contribution in [0.3, 0.4) is 0 Å². The molecule has 24 heavy (non-hydrogen) atoms. The molecule has 126 valence electrons. The summed E-state index contributed by atoms with van der Waals surface area (Å²) in [5.74, 6) is -0.277. The van der Waals surface area contributed by atoms with E-state index in [9.17, 15) is 14.9 Å². The van der Waals surface area contributed by atoms with Crippen LogP contribution in [0.25, 0.3) is 0 Å². The number of para-hydroxylation sites is 2. The third kappa shape index (κ3) is 4.67. The van der Waals surface area contributed by atoms with E-state index in [1.807, 2.05) is 0 Å². The van der Waals surface area contributed by atoms with E-state index >= 15 is 0 Å². The maximum atomic E-state index is 12.2. The Morgan fingerprint density at radius 2 is 1.79 bits per heavy atom. The van der Waals surface area contributed by atoms with Crippen molar-refractivity contribution in [3.05, 3.63) is 68.2 Å². The van der Waals surface area contributed by atoms with Crippen molar-refractivity contribution in [3.63, 3.8) is 0 Å². The van der Waals surface area contributed by atoms with E-state index in [2.05, 4.69) is 5.32 Å². The van der Waals surface area contributed by atoms with Gasteiger partial charge in [-0.15, -0.1) is 0 Å². The van der Waals surface area contributed by atoms with Crippen molar-refractivity contribution in [2.24, 2.45) is 0 Å². The molecular weight excluding hydrogens is 353 g/mol. The Morgan fingerprint density at radius 1 is 1.17 bits per heavy atom. The summed E-state index contributed by atoms with van der Waals surface area (Å²) >= 11 is 12.0. The predicted octanol–water partition coefficient (Wildman–Crippen LogP) is 2.56. The number of benzene rings is 2. The first-order chi connectivity index (χ1) is 11.4. The van der Waals surface area contributed by atoms with Gasteiger partial charge in [-0.05, 0) is 18.2 Å². The van der Waals surface area contributed by atoms with Gasteiger partial charge in [0.2, 0.25) is 0 Å². The van der Waals surface area contributed by atoms with E-state index in [0.717, 1.165) is 4.90 Å². The third-order valence-corrected chi connectivity index (χ3v) is 4.00. The summed E-state index contributed by atoms with van der Waals surface area (Å²) in [6.45, 7) is 0.467. The average Bonchev–Trinajstić information content (AvgIpc) is 2.51. The molecule has 0 aliphatic rings. The summed E-state index contributed by atoms with van der Waals surface area (Å²) in [6.07, 6.45) is 0. The number of nitro benzene ring substituents is 1. The largest absolute Gasteiger partial charge is 0.326 e. The van der Waals surface area contributed by atoms with Gasteiger partial charge in [0.05, 0.1) is 33.3 Å². The van der Waals surface area contributed by atoms with Gasteiger partial charge in [-0.1, -0.05) is 41.4 Å². The number of quaternary nitrogens is 1. The SMILES string of the molecule is C[NH+](CC(=O)Nc1c(Cl)cccc1Cl)Cc1ccccc1[N+](=O)[O-]. The van der Waals surface area contributed by atoms with E-state index in [1.165, 1.54) is 6.07 Å². The van der Waals surface area contributed by atoms with Crippen LogP contribution < -0.4 is 10.2 Å². The van der Waals surface area contributed by atoms with E-state index in [4.69, 9.17) is 23.2 Å². The molecule has 8 heteroatoms. The zero-order valence-electron chi connectivity index (χ0n) is 12.9. The number of nitrogens with one attached hydrogen (secondary N) is 2. The number of carbonyl (C=O) groups excluding carboxylic acids is 1. The van der Waals surface area contributed by atoms with Gasteiger partial charge in [0.1, 0.15) is 6.54 Å². The van der Waals surface area contributed by atoms with Gasteiger partial charge in [-0.25, -0.2) is 0 Å². The molecule has 2 aromatic rings. The van der Waals surface area contributed by atoms with Gasteiger partial charge in [0, 0.05) is 6.07 Å². The number of rotatable bonds is 6. The highest BCUT2D eigenvalue weighted by atomic mass is 35.5. The van der Waals surface area contributed by atoms with Crippen molar-refractivity contribution in [2.75, 3.05) is 18.9 Å². The van der Waals surface area contributed by atoms with E-state index in [1.54, 1.807) is 43.4 Å². The minimum absolute atomic E-state index is 0.0476. The fraction of sp³-hybridized carbons (Fsp3) is 0.188. The number of anilines is 1. The lowest BCUT2D eigenvalue weighted by atomic mass is 10.1. The Labute approximate surface area is 149 Å². The number of nitrogens with zero attached hydrogens (tertiary/aromatic N) is 1. The van der Waals surface area contributed by atoms with Crippen molar-refractivity contribution in [3.8, 4) is 0 Å². The van der Waals surface area contributed by atoms with E-state index < -0.39 is 4.92 Å². The second kappa shape index (κ2) is 8.10. The summed E-state index contributed by atoms with van der Waals surface area (Å²) in [5, 5.41) is 14.4. The Morgan fingerprint density at radius 3 is 2.42 bits per heavy atom. The summed E-state index contributed by atoms with van der Waals surface area (Å²) < 4.78 is 0. The van der Waals surface area contributed by atoms with Gasteiger partial charge < -0.3 is 10.2 Å². The summed E-state index contributed by atoms with van der Waals surface area (Å²) in [4.78, 5) is 23.6. The molecule has 0 saturated carbocycles. The van der Waals surface area contributed by atoms with Crippen molar-refractivity contribution in [1.29, 1.82) is 0 Å². The van der Waals surface area contributed by atoms with Crippen LogP contribution in [0, 0.1) is 10.1 Å². The zero-order valence-corrected chi connectivity index (χ0v) is 14.4. The molecule has 2 rings (SSSR count). The molecule has 0 aliphatic carbocycles. The molecular formula is C16H16Cl2N3O3+. The summed E-state index contributed by atoms with van der Waals surface area (Å²) in [5.41, 5.74) is 0.985. The number of nitro groups is 1. The first kappa shape index (κ1) is 18.2. The van der Waals surface area contributed by atoms with Gasteiger partial charge in [0.15, 0.2) is 6.54 Å². The van der Waals surface area contributed by atoms with Crippen molar-refractivity contribution in [2.45, 2.75) is 6.54 Å². The molecule has 1 amide bonds. The lowest BCUT2D eigenvalue weighted by molar-refractivity contribution is -0.885. The number of carbonyl (C=O) groups is 1. The molecule has 1 unspecified atom stereocenters. The molecule has 0 aliphatic heterocycles. The average molecular weight is 369 g/mol. The van der Waals surface area contributed by atoms with Crippen LogP contribution in [0.1, 0.15) is 5.56 Å². The standard InChI is InChI=1S/C16H15Cl2N3O3/c1-20(9-11-5-2-3-8-14(11)21(23)24)10-15(22)19-16-12(17)6-4-7-13(16)18/h2-8H,9-10H2,1H3,(H,19,22)/p+1. The first-order valence-corrected chi connectivity index (χ1v) is 7.91. The van der Waals surface area contributed by atoms with Crippen molar-refractivity contribution < 1.29 is 14.6 Å². The van der Waals surface area contributed by atoms with Gasteiger partial charge >= 0.3 is 0 Å². The van der Waals surface area contributed by atoms with Crippen molar-refractivity contribution >= 4 is 40.5 Å². The topological polar surface area (TPSA) is 76.7 Å². The summed E-state index contributed by atoms with van der Waals surface area (Å²) in [7, 11) is 1.78. The second-order valence-electron chi connectivity index (χ2n) is 5.34. The smallest absolute Gasteiger partial charge is 0.279 e. The highest BCUT2D eigenvalue weighted by molar-refractivity contribution is 6.39. The molecule has 0 spiro atoms. The van der Waals surface area contributed by atoms with Crippen LogP contribution in [-0.4, -0.2) is 24.4 Å². The fourth-order valence-corrected chi connectivity index (χ4v) is 2.79. The quantitative estimate of drug-likeness (QED) is 0.607. The Balaban J connectivity index is 2.01. The minimum Gasteiger partial charge on any atom is -0.326 e. The van der Waals surface area contributed by atoms with Crippen molar-refractivity contribution in [1.82, 2.24) is 0 Å². The molecule has 2 aromatic carbocycles. The monoisotopic (exact) mass is 368 g/mol. The first-order valence-electron chi connectivity index (χ1n) is 7.16. The van der Waals surface area contributed by atoms with Gasteiger partial charge in [-0.3, -0.25) is 14.9 Å². The Bertz CT molecular complexity index is 748. The highest BCUT2D eigenvalue weighted by Crippen LogP contribution is 2.29. The lowest BCUT2D eigenvalue weighted by Gasteiger charge is -2.15. The van der Waals surface area contributed by atoms with Crippen LogP contribution in [-0.2, 0) is 11.3 Å². The lowest BCUT2D eigenvalue weighted by Crippen LogP contribution is -3.08. The molecule has 0 bridgehead atoms. The van der Waals surface area contributed by atoms with Gasteiger partial charge in [-0.2, -0.15) is 0 Å². The molecule has 0 heterocycles. The number of amides is 1. The number of hydrogen-bond donors (Lipinski definition) is 2. The van der Waals surface area contributed by atoms with E-state index in [-0.39, 0.29) is 18.1 Å². The number of likely N-dealkylation sites (N-methyl/N-ethyl adjacent to an activating group) is 1. The van der Waals surface area contributed by atoms with Crippen LogP contribution in [0.5, 0.6) is 0 Å². The predicted molar refractivity (Wildman–Crippen MR) is 93.6 cm³/mol. The van der Waals surface area contributed by atoms with Crippen LogP contribution in [0.4, 0.5) is 11.4 Å². The van der Waals surface area contributed by atoms with Gasteiger partial charge in [0.25, 0.3) is 11.6 Å². The third-order valence-electron chi connectivity index (χ3n) is 3.37. The van der Waals surface area contributed by atoms with Crippen LogP contribution in [0.2, 0.25) is 10.0 Å². The Kier molecular flexibility index (Phi) is 6.14. The van der Waals surface area contributed by atoms with Crippen LogP contribution >= 0.6 is 23.2 Å². The maximum absolute atomic E-state index is 12.2. The minimum atomic E-state index is -0.424. The molecule has 0 saturated heterocycles. The number of hydrogen-bond acceptors (Lipinski definition) is 3. The molecule has 0 fully saturated rings. The fourth-order valence-electron chi connectivity index (χ4n) is 2.30. The maximum Gasteiger partial charge on any atom is 0.279 e. The molecule has 0 radical (unpaired) electrons. The molecule has 2 N–H and O–H groups in total. The molecule has 1 atom stereocenters. The highest BCUT2D eigenvalue weighted by Gasteiger charge is 2.18. The molecule has 0 aromatic heterocycles. The number of halogens is 2. The zero-order chi connectivity index (χ0) is 17.7. The Hall–Kier alpha value is -2.15. The molecule has 6 nitrogen and oxygen atoms in total. The second-order valence-corrected chi connectivity index (χ2v) is 6.16. The summed E-state index contributed by atoms with van der Waals surface area (Å²) in [6, 6.07) is 11.4. The normalized spacial score (nSPS) is 11.8. The van der Waals surface area contributed by atoms with E-state index in [0.29, 0.717) is 27.8 Å². The van der Waals surface area contributed by atoms with Crippen LogP contribution in [0.15, 0.2) is 42.5 Å².